The summed E-state index contributed by atoms with van der Waals surface area (Å²) in [6.45, 7) is 0. The number of oxazole rings is 1. The summed E-state index contributed by atoms with van der Waals surface area (Å²) in [5.41, 5.74) is 0.750. The van der Waals surface area contributed by atoms with Crippen LogP contribution >= 0.6 is 0 Å². The second kappa shape index (κ2) is 4.78. The summed E-state index contributed by atoms with van der Waals surface area (Å²) < 4.78 is 4.99. The van der Waals surface area contributed by atoms with Gasteiger partial charge in [0.05, 0.1) is 6.20 Å². The van der Waals surface area contributed by atoms with Crippen molar-refractivity contribution in [2.45, 2.75) is 0 Å². The van der Waals surface area contributed by atoms with Crippen molar-refractivity contribution in [1.29, 1.82) is 0 Å². The Morgan fingerprint density at radius 1 is 1.40 bits per heavy atom. The van der Waals surface area contributed by atoms with E-state index in [1.165, 1.54) is 6.20 Å². The molecule has 0 radical (unpaired) electrons. The zero-order valence-electron chi connectivity index (χ0n) is 9.04. The molecule has 0 atom stereocenters. The molecule has 0 saturated carbocycles. The molecule has 0 amide bonds. The Morgan fingerprint density at radius 2 is 2.07 bits per heavy atom. The van der Waals surface area contributed by atoms with Gasteiger partial charge in [-0.15, -0.1) is 0 Å². The quantitative estimate of drug-likeness (QED) is 0.597. The molecular weight excluding hydrogens is 191 g/mol. The van der Waals surface area contributed by atoms with Gasteiger partial charge in [-0.3, -0.25) is 4.98 Å². The van der Waals surface area contributed by atoms with Crippen molar-refractivity contribution >= 4 is 5.97 Å². The molecule has 6 heteroatoms. The van der Waals surface area contributed by atoms with Crippen LogP contribution < -0.4 is 18.9 Å². The van der Waals surface area contributed by atoms with E-state index < -0.39 is 5.97 Å². The Bertz CT molecular complexity index is 461. The molecule has 0 saturated heterocycles. The molecule has 0 aliphatic carbocycles. The minimum Gasteiger partial charge on any atom is -1.00 e. The maximum absolute atomic E-state index is 10.5. The Hall–Kier alpha value is -1.57. The van der Waals surface area contributed by atoms with E-state index in [1.807, 2.05) is 0 Å². The van der Waals surface area contributed by atoms with Crippen molar-refractivity contribution in [2.75, 3.05) is 0 Å². The van der Waals surface area contributed by atoms with Gasteiger partial charge in [0.15, 0.2) is 5.76 Å². The molecule has 0 aromatic carbocycles. The number of rotatable bonds is 2. The second-order valence-electron chi connectivity index (χ2n) is 2.57. The molecular formula is C9H7LiN2O3. The SMILES string of the molecule is O=C(O)c1ncc(-c2ccncc2)o1.[H-].[Li+]. The van der Waals surface area contributed by atoms with E-state index in [4.69, 9.17) is 9.52 Å². The van der Waals surface area contributed by atoms with E-state index in [2.05, 4.69) is 9.97 Å². The first-order chi connectivity index (χ1) is 6.77. The van der Waals surface area contributed by atoms with Gasteiger partial charge in [0.1, 0.15) is 0 Å². The summed E-state index contributed by atoms with van der Waals surface area (Å²) in [4.78, 5) is 17.9. The molecule has 2 rings (SSSR count). The molecule has 2 heterocycles. The van der Waals surface area contributed by atoms with Crippen LogP contribution in [0.2, 0.25) is 0 Å². The molecule has 0 fully saturated rings. The summed E-state index contributed by atoms with van der Waals surface area (Å²) in [7, 11) is 0. The normalized spacial score (nSPS) is 9.33. The Balaban J connectivity index is 0.00000112. The molecule has 0 bridgehead atoms. The molecule has 0 spiro atoms. The predicted molar refractivity (Wildman–Crippen MR) is 47.8 cm³/mol. The van der Waals surface area contributed by atoms with Crippen LogP contribution in [0.4, 0.5) is 0 Å². The summed E-state index contributed by atoms with van der Waals surface area (Å²) in [5, 5.41) is 8.58. The summed E-state index contributed by atoms with van der Waals surface area (Å²) in [6.07, 6.45) is 4.56. The van der Waals surface area contributed by atoms with Crippen LogP contribution in [0.3, 0.4) is 0 Å². The van der Waals surface area contributed by atoms with Crippen molar-refractivity contribution in [1.82, 2.24) is 9.97 Å². The number of nitrogens with zero attached hydrogens (tertiary/aromatic N) is 2. The first-order valence-electron chi connectivity index (χ1n) is 3.87. The second-order valence-corrected chi connectivity index (χ2v) is 2.57. The third kappa shape index (κ3) is 2.46. The van der Waals surface area contributed by atoms with E-state index in [0.717, 1.165) is 5.56 Å². The molecule has 0 aliphatic rings. The minimum absolute atomic E-state index is 0. The average molecular weight is 198 g/mol. The zero-order chi connectivity index (χ0) is 9.97. The van der Waals surface area contributed by atoms with E-state index in [-0.39, 0.29) is 26.2 Å². The van der Waals surface area contributed by atoms with Gasteiger partial charge in [-0.1, -0.05) is 0 Å². The van der Waals surface area contributed by atoms with Crippen LogP contribution in [0.1, 0.15) is 12.1 Å². The van der Waals surface area contributed by atoms with Crippen LogP contribution in [-0.2, 0) is 0 Å². The van der Waals surface area contributed by atoms with Crippen molar-refractivity contribution < 1.29 is 34.6 Å². The Morgan fingerprint density at radius 3 is 2.60 bits per heavy atom. The van der Waals surface area contributed by atoms with Gasteiger partial charge in [0, 0.05) is 18.0 Å². The van der Waals surface area contributed by atoms with Crippen molar-refractivity contribution in [3.8, 4) is 11.3 Å². The summed E-state index contributed by atoms with van der Waals surface area (Å²) in [6, 6.07) is 3.43. The third-order valence-electron chi connectivity index (χ3n) is 1.65. The number of carboxylic acids is 1. The predicted octanol–water partition coefficient (Wildman–Crippen LogP) is -1.45. The molecule has 15 heavy (non-hydrogen) atoms. The van der Waals surface area contributed by atoms with Crippen molar-refractivity contribution in [3.05, 3.63) is 36.6 Å². The molecule has 2 aromatic heterocycles. The van der Waals surface area contributed by atoms with Gasteiger partial charge >= 0.3 is 30.7 Å². The number of hydrogen-bond acceptors (Lipinski definition) is 4. The smallest absolute Gasteiger partial charge is 1.00 e. The van der Waals surface area contributed by atoms with Crippen LogP contribution in [0.5, 0.6) is 0 Å². The standard InChI is InChI=1S/C9H6N2O3.Li.H/c12-9(13)8-11-5-7(14-8)6-1-3-10-4-2-6;;/h1-5H,(H,12,13);;/q;+1;-1. The van der Waals surface area contributed by atoms with Gasteiger partial charge in [-0.25, -0.2) is 9.78 Å². The van der Waals surface area contributed by atoms with E-state index in [1.54, 1.807) is 24.5 Å². The molecule has 0 aliphatic heterocycles. The van der Waals surface area contributed by atoms with E-state index in [9.17, 15) is 4.79 Å². The molecule has 0 unspecified atom stereocenters. The topological polar surface area (TPSA) is 76.2 Å². The molecule has 5 nitrogen and oxygen atoms in total. The number of carbonyl (C=O) groups is 1. The van der Waals surface area contributed by atoms with Gasteiger partial charge in [-0.2, -0.15) is 0 Å². The first-order valence-corrected chi connectivity index (χ1v) is 3.87. The van der Waals surface area contributed by atoms with Gasteiger partial charge in [0.25, 0.3) is 0 Å². The zero-order valence-corrected chi connectivity index (χ0v) is 8.04. The average Bonchev–Trinajstić information content (AvgIpc) is 2.68. The fourth-order valence-electron chi connectivity index (χ4n) is 1.02. The maximum atomic E-state index is 10.5. The van der Waals surface area contributed by atoms with Crippen LogP contribution in [-0.4, -0.2) is 21.0 Å². The van der Waals surface area contributed by atoms with Gasteiger partial charge in [-0.05, 0) is 12.1 Å². The van der Waals surface area contributed by atoms with Gasteiger partial charge in [0.2, 0.25) is 0 Å². The monoisotopic (exact) mass is 198 g/mol. The first kappa shape index (κ1) is 11.5. The summed E-state index contributed by atoms with van der Waals surface area (Å²) >= 11 is 0. The van der Waals surface area contributed by atoms with E-state index in [0.29, 0.717) is 5.76 Å². The molecule has 1 N–H and O–H groups in total. The van der Waals surface area contributed by atoms with Crippen LogP contribution in [0.25, 0.3) is 11.3 Å². The maximum Gasteiger partial charge on any atom is 1.00 e. The largest absolute Gasteiger partial charge is 1.00 e. The number of aromatic carboxylic acids is 1. The number of carboxylic acid groups (broad SMARTS) is 1. The summed E-state index contributed by atoms with van der Waals surface area (Å²) in [5.74, 6) is -1.06. The fraction of sp³-hybridized carbons (Fsp3) is 0. The van der Waals surface area contributed by atoms with Crippen molar-refractivity contribution in [3.63, 3.8) is 0 Å². The van der Waals surface area contributed by atoms with Crippen LogP contribution in [0, 0.1) is 0 Å². The third-order valence-corrected chi connectivity index (χ3v) is 1.65. The van der Waals surface area contributed by atoms with Crippen molar-refractivity contribution in [2.24, 2.45) is 0 Å². The molecule has 72 valence electrons. The Labute approximate surface area is 98.8 Å². The minimum atomic E-state index is -1.18. The fourth-order valence-corrected chi connectivity index (χ4v) is 1.02. The van der Waals surface area contributed by atoms with Gasteiger partial charge < -0.3 is 11.0 Å². The number of hydrogen-bond donors (Lipinski definition) is 1. The number of aromatic nitrogens is 2. The van der Waals surface area contributed by atoms with Crippen LogP contribution in [0.15, 0.2) is 35.1 Å². The number of pyridine rings is 1. The van der Waals surface area contributed by atoms with E-state index >= 15 is 0 Å². The molecule has 2 aromatic rings. The Kier molecular flexibility index (Phi) is 3.66.